The van der Waals surface area contributed by atoms with Crippen LogP contribution in [0.5, 0.6) is 0 Å². The van der Waals surface area contributed by atoms with Crippen LogP contribution >= 0.6 is 0 Å². The van der Waals surface area contributed by atoms with E-state index in [-0.39, 0.29) is 24.2 Å². The molecule has 0 aliphatic rings. The summed E-state index contributed by atoms with van der Waals surface area (Å²) in [6.45, 7) is 2.66. The SMILES string of the molecule is COCC(C)N(C)C(CN)c1cc(F)ccc1F. The van der Waals surface area contributed by atoms with E-state index in [0.717, 1.165) is 12.1 Å². The van der Waals surface area contributed by atoms with E-state index in [1.165, 1.54) is 6.07 Å². The van der Waals surface area contributed by atoms with Gasteiger partial charge in [0, 0.05) is 25.3 Å². The highest BCUT2D eigenvalue weighted by Gasteiger charge is 2.23. The molecule has 0 bridgehead atoms. The molecule has 2 unspecified atom stereocenters. The number of halogens is 2. The Balaban J connectivity index is 2.98. The average Bonchev–Trinajstić information content (AvgIpc) is 2.34. The van der Waals surface area contributed by atoms with Crippen molar-refractivity contribution in [3.05, 3.63) is 35.4 Å². The first-order valence-electron chi connectivity index (χ1n) is 5.87. The summed E-state index contributed by atoms with van der Waals surface area (Å²) in [5.41, 5.74) is 5.97. The molecule has 0 heterocycles. The largest absolute Gasteiger partial charge is 0.383 e. The van der Waals surface area contributed by atoms with Crippen LogP contribution in [0.1, 0.15) is 18.5 Å². The zero-order valence-electron chi connectivity index (χ0n) is 11.0. The van der Waals surface area contributed by atoms with Gasteiger partial charge in [0.25, 0.3) is 0 Å². The Bertz CT molecular complexity index is 387. The number of ether oxygens (including phenoxy) is 1. The van der Waals surface area contributed by atoms with Crippen LogP contribution in [-0.4, -0.2) is 38.3 Å². The number of likely N-dealkylation sites (N-methyl/N-ethyl adjacent to an activating group) is 1. The maximum atomic E-state index is 13.7. The maximum absolute atomic E-state index is 13.7. The summed E-state index contributed by atoms with van der Waals surface area (Å²) in [5.74, 6) is -0.902. The minimum absolute atomic E-state index is 0.0613. The molecule has 0 spiro atoms. The van der Waals surface area contributed by atoms with Crippen molar-refractivity contribution >= 4 is 0 Å². The second-order valence-electron chi connectivity index (χ2n) is 4.39. The predicted molar refractivity (Wildman–Crippen MR) is 67.3 cm³/mol. The number of rotatable bonds is 6. The molecule has 2 N–H and O–H groups in total. The summed E-state index contributed by atoms with van der Waals surface area (Å²) in [6, 6.07) is 3.12. The number of benzene rings is 1. The monoisotopic (exact) mass is 258 g/mol. The average molecular weight is 258 g/mol. The standard InChI is InChI=1S/C13H20F2N2O/c1-9(8-18-3)17(2)13(7-16)11-6-10(14)4-5-12(11)15/h4-6,9,13H,7-8,16H2,1-3H3. The van der Waals surface area contributed by atoms with Crippen molar-refractivity contribution < 1.29 is 13.5 Å². The van der Waals surface area contributed by atoms with Gasteiger partial charge < -0.3 is 10.5 Å². The van der Waals surface area contributed by atoms with E-state index in [0.29, 0.717) is 6.61 Å². The number of methoxy groups -OCH3 is 1. The van der Waals surface area contributed by atoms with E-state index >= 15 is 0 Å². The second kappa shape index (κ2) is 6.78. The molecule has 0 aliphatic carbocycles. The molecule has 1 rings (SSSR count). The number of hydrogen-bond donors (Lipinski definition) is 1. The molecule has 0 saturated heterocycles. The third kappa shape index (κ3) is 3.48. The molecule has 18 heavy (non-hydrogen) atoms. The Hall–Kier alpha value is -1.04. The van der Waals surface area contributed by atoms with Crippen LogP contribution in [0.25, 0.3) is 0 Å². The Morgan fingerprint density at radius 3 is 2.61 bits per heavy atom. The number of hydrogen-bond acceptors (Lipinski definition) is 3. The van der Waals surface area contributed by atoms with Gasteiger partial charge in [-0.1, -0.05) is 0 Å². The smallest absolute Gasteiger partial charge is 0.128 e. The van der Waals surface area contributed by atoms with E-state index < -0.39 is 11.6 Å². The normalized spacial score (nSPS) is 14.8. The van der Waals surface area contributed by atoms with Crippen molar-refractivity contribution in [1.82, 2.24) is 4.90 Å². The maximum Gasteiger partial charge on any atom is 0.128 e. The molecule has 0 aliphatic heterocycles. The second-order valence-corrected chi connectivity index (χ2v) is 4.39. The van der Waals surface area contributed by atoms with Crippen LogP contribution < -0.4 is 5.73 Å². The summed E-state index contributed by atoms with van der Waals surface area (Å²) in [4.78, 5) is 1.89. The highest BCUT2D eigenvalue weighted by atomic mass is 19.1. The van der Waals surface area contributed by atoms with Gasteiger partial charge in [-0.15, -0.1) is 0 Å². The van der Waals surface area contributed by atoms with Crippen molar-refractivity contribution in [2.75, 3.05) is 27.3 Å². The summed E-state index contributed by atoms with van der Waals surface area (Å²) in [6.07, 6.45) is 0. The highest BCUT2D eigenvalue weighted by molar-refractivity contribution is 5.23. The minimum atomic E-state index is -0.461. The lowest BCUT2D eigenvalue weighted by atomic mass is 10.0. The van der Waals surface area contributed by atoms with Crippen molar-refractivity contribution in [2.24, 2.45) is 5.73 Å². The molecule has 1 aromatic carbocycles. The van der Waals surface area contributed by atoms with E-state index in [9.17, 15) is 8.78 Å². The van der Waals surface area contributed by atoms with Crippen LogP contribution in [0.15, 0.2) is 18.2 Å². The topological polar surface area (TPSA) is 38.5 Å². The first-order chi connectivity index (χ1) is 8.51. The summed E-state index contributed by atoms with van der Waals surface area (Å²) >= 11 is 0. The van der Waals surface area contributed by atoms with E-state index in [1.807, 2.05) is 18.9 Å². The third-order valence-electron chi connectivity index (χ3n) is 3.14. The lowest BCUT2D eigenvalue weighted by Crippen LogP contribution is -2.39. The van der Waals surface area contributed by atoms with Crippen molar-refractivity contribution in [1.29, 1.82) is 0 Å². The Labute approximate surface area is 107 Å². The molecule has 102 valence electrons. The Kier molecular flexibility index (Phi) is 5.65. The lowest BCUT2D eigenvalue weighted by Gasteiger charge is -2.32. The van der Waals surface area contributed by atoms with E-state index in [4.69, 9.17) is 10.5 Å². The third-order valence-corrected chi connectivity index (χ3v) is 3.14. The van der Waals surface area contributed by atoms with Crippen LogP contribution in [-0.2, 0) is 4.74 Å². The van der Waals surface area contributed by atoms with Crippen LogP contribution in [0.3, 0.4) is 0 Å². The molecule has 2 atom stereocenters. The fourth-order valence-electron chi connectivity index (χ4n) is 1.95. The fourth-order valence-corrected chi connectivity index (χ4v) is 1.95. The summed E-state index contributed by atoms with van der Waals surface area (Å²) in [7, 11) is 3.43. The van der Waals surface area contributed by atoms with Gasteiger partial charge in [0.15, 0.2) is 0 Å². The van der Waals surface area contributed by atoms with Crippen LogP contribution in [0, 0.1) is 11.6 Å². The highest BCUT2D eigenvalue weighted by Crippen LogP contribution is 2.24. The molecule has 0 saturated carbocycles. The van der Waals surface area contributed by atoms with E-state index in [2.05, 4.69) is 0 Å². The zero-order chi connectivity index (χ0) is 13.7. The van der Waals surface area contributed by atoms with Crippen LogP contribution in [0.4, 0.5) is 8.78 Å². The van der Waals surface area contributed by atoms with E-state index in [1.54, 1.807) is 7.11 Å². The quantitative estimate of drug-likeness (QED) is 0.847. The van der Waals surface area contributed by atoms with Crippen molar-refractivity contribution in [3.8, 4) is 0 Å². The number of nitrogens with two attached hydrogens (primary N) is 1. The fraction of sp³-hybridized carbons (Fsp3) is 0.538. The Morgan fingerprint density at radius 2 is 2.06 bits per heavy atom. The van der Waals surface area contributed by atoms with Gasteiger partial charge in [0.2, 0.25) is 0 Å². The Morgan fingerprint density at radius 1 is 1.39 bits per heavy atom. The van der Waals surface area contributed by atoms with Gasteiger partial charge in [-0.05, 0) is 32.2 Å². The molecular weight excluding hydrogens is 238 g/mol. The lowest BCUT2D eigenvalue weighted by molar-refractivity contribution is 0.0898. The molecule has 0 fully saturated rings. The molecule has 1 aromatic rings. The molecule has 5 heteroatoms. The van der Waals surface area contributed by atoms with Crippen molar-refractivity contribution in [2.45, 2.75) is 19.0 Å². The van der Waals surface area contributed by atoms with Crippen LogP contribution in [0.2, 0.25) is 0 Å². The predicted octanol–water partition coefficient (Wildman–Crippen LogP) is 1.93. The zero-order valence-corrected chi connectivity index (χ0v) is 11.0. The minimum Gasteiger partial charge on any atom is -0.383 e. The molecule has 0 radical (unpaired) electrons. The van der Waals surface area contributed by atoms with Gasteiger partial charge in [0.1, 0.15) is 11.6 Å². The van der Waals surface area contributed by atoms with Gasteiger partial charge in [-0.3, -0.25) is 4.90 Å². The first-order valence-corrected chi connectivity index (χ1v) is 5.87. The summed E-state index contributed by atoms with van der Waals surface area (Å²) in [5, 5.41) is 0. The number of nitrogens with zero attached hydrogens (tertiary/aromatic N) is 1. The molecule has 3 nitrogen and oxygen atoms in total. The van der Waals surface area contributed by atoms with Gasteiger partial charge in [-0.2, -0.15) is 0 Å². The molecule has 0 amide bonds. The summed E-state index contributed by atoms with van der Waals surface area (Å²) < 4.78 is 32.0. The molecular formula is C13H20F2N2O. The molecule has 0 aromatic heterocycles. The van der Waals surface area contributed by atoms with Gasteiger partial charge in [-0.25, -0.2) is 8.78 Å². The van der Waals surface area contributed by atoms with Gasteiger partial charge in [0.05, 0.1) is 12.6 Å². The first kappa shape index (κ1) is 15.0. The van der Waals surface area contributed by atoms with Gasteiger partial charge >= 0.3 is 0 Å². The van der Waals surface area contributed by atoms with Crippen molar-refractivity contribution in [3.63, 3.8) is 0 Å².